The minimum absolute atomic E-state index is 0.0568. The normalized spacial score (nSPS) is 23.8. The molecule has 2 aromatic heterocycles. The number of rotatable bonds is 11. The molecule has 8 rings (SSSR count). The third-order valence-corrected chi connectivity index (χ3v) is 12.6. The van der Waals surface area contributed by atoms with Crippen LogP contribution in [0.3, 0.4) is 0 Å². The number of hydrogen-bond donors (Lipinski definition) is 1. The van der Waals surface area contributed by atoms with Crippen molar-refractivity contribution >= 4 is 5.95 Å². The molecule has 2 aromatic carbocycles. The smallest absolute Gasteiger partial charge is 0.416 e. The SMILES string of the molecule is CNC1OC1c1cnc(N2CCC(c3nc4c(c(C5CCC(F)(F)CC5)c3C(F)c3ccc(C(F)(F)F)cc3)C(OCc3ccc(OC)cc3)CC(C)(C)C4)CC2)nc1. The van der Waals surface area contributed by atoms with Gasteiger partial charge in [0.15, 0.2) is 6.17 Å². The molecule has 0 spiro atoms. The van der Waals surface area contributed by atoms with Gasteiger partial charge in [-0.05, 0) is 97.9 Å². The van der Waals surface area contributed by atoms with E-state index in [1.165, 1.54) is 12.1 Å². The van der Waals surface area contributed by atoms with Crippen molar-refractivity contribution in [3.05, 3.63) is 111 Å². The predicted molar refractivity (Wildman–Crippen MR) is 210 cm³/mol. The Bertz CT molecular complexity index is 2080. The maximum Gasteiger partial charge on any atom is 0.416 e. The standard InChI is InChI=1S/C45H51F6N5O3/c1-43(2)21-33-36(34(22-43)58-25-26-5-11-32(57-4)12-6-26)35(27-13-17-44(47,48)18-14-27)37(38(46)28-7-9-31(10-8-28)45(49,50)51)39(55-33)29-15-19-56(20-16-29)42-53-23-30(24-54-42)40-41(52-3)59-40/h5-12,23-24,27,29,34,38,40-41,52H,13-22,25H2,1-4H3. The van der Waals surface area contributed by atoms with Crippen molar-refractivity contribution in [1.82, 2.24) is 20.3 Å². The summed E-state index contributed by atoms with van der Waals surface area (Å²) in [6.07, 6.45) is -1.68. The van der Waals surface area contributed by atoms with Crippen molar-refractivity contribution in [3.8, 4) is 5.75 Å². The van der Waals surface area contributed by atoms with E-state index in [0.717, 1.165) is 34.5 Å². The van der Waals surface area contributed by atoms with Crippen molar-refractivity contribution in [1.29, 1.82) is 0 Å². The molecule has 4 unspecified atom stereocenters. The summed E-state index contributed by atoms with van der Waals surface area (Å²) in [5, 5.41) is 3.08. The first-order chi connectivity index (χ1) is 28.1. The minimum Gasteiger partial charge on any atom is -0.497 e. The molecular formula is C45H51F6N5O3. The fourth-order valence-corrected chi connectivity index (χ4v) is 9.32. The zero-order chi connectivity index (χ0) is 41.7. The number of methoxy groups -OCH3 is 1. The molecule has 0 amide bonds. The van der Waals surface area contributed by atoms with Gasteiger partial charge in [0.05, 0.1) is 31.1 Å². The Morgan fingerprint density at radius 2 is 1.58 bits per heavy atom. The second-order valence-corrected chi connectivity index (χ2v) is 17.3. The van der Waals surface area contributed by atoms with E-state index in [1.807, 2.05) is 31.3 Å². The number of halogens is 6. The third-order valence-electron chi connectivity index (χ3n) is 12.6. The molecule has 4 aliphatic rings. The Hall–Kier alpha value is -4.27. The van der Waals surface area contributed by atoms with Gasteiger partial charge in [-0.25, -0.2) is 23.1 Å². The molecule has 2 saturated heterocycles. The molecular weight excluding hydrogens is 773 g/mol. The van der Waals surface area contributed by atoms with E-state index in [-0.39, 0.29) is 61.5 Å². The molecule has 0 bridgehead atoms. The number of ether oxygens (including phenoxy) is 3. The highest BCUT2D eigenvalue weighted by Gasteiger charge is 2.45. The highest BCUT2D eigenvalue weighted by atomic mass is 19.4. The van der Waals surface area contributed by atoms with E-state index in [4.69, 9.17) is 19.2 Å². The molecule has 316 valence electrons. The van der Waals surface area contributed by atoms with Crippen molar-refractivity contribution in [2.75, 3.05) is 32.1 Å². The number of fused-ring (bicyclic) bond motifs is 1. The number of piperidine rings is 1. The van der Waals surface area contributed by atoms with Crippen LogP contribution >= 0.6 is 0 Å². The number of aromatic nitrogens is 3. The Labute approximate surface area is 341 Å². The van der Waals surface area contributed by atoms with Gasteiger partial charge in [-0.1, -0.05) is 38.1 Å². The average Bonchev–Trinajstić information content (AvgIpc) is 4.02. The first kappa shape index (κ1) is 41.5. The lowest BCUT2D eigenvalue weighted by Gasteiger charge is -2.42. The summed E-state index contributed by atoms with van der Waals surface area (Å²) >= 11 is 0. The summed E-state index contributed by atoms with van der Waals surface area (Å²) in [6, 6.07) is 11.7. The van der Waals surface area contributed by atoms with E-state index >= 15 is 4.39 Å². The van der Waals surface area contributed by atoms with Crippen LogP contribution in [0.15, 0.2) is 60.9 Å². The molecule has 1 saturated carbocycles. The molecule has 8 nitrogen and oxygen atoms in total. The molecule has 14 heteroatoms. The van der Waals surface area contributed by atoms with E-state index in [2.05, 4.69) is 34.0 Å². The van der Waals surface area contributed by atoms with Crippen LogP contribution in [-0.2, 0) is 28.7 Å². The first-order valence-electron chi connectivity index (χ1n) is 20.5. The van der Waals surface area contributed by atoms with Gasteiger partial charge >= 0.3 is 6.18 Å². The highest BCUT2D eigenvalue weighted by Crippen LogP contribution is 2.53. The fraction of sp³-hybridized carbons (Fsp3) is 0.533. The predicted octanol–water partition coefficient (Wildman–Crippen LogP) is 10.5. The van der Waals surface area contributed by atoms with Crippen molar-refractivity contribution in [2.24, 2.45) is 5.41 Å². The zero-order valence-electron chi connectivity index (χ0n) is 33.8. The van der Waals surface area contributed by atoms with Crippen LogP contribution < -0.4 is 15.0 Å². The van der Waals surface area contributed by atoms with Gasteiger partial charge in [-0.2, -0.15) is 13.2 Å². The van der Waals surface area contributed by atoms with Crippen molar-refractivity contribution in [3.63, 3.8) is 0 Å². The Kier molecular flexibility index (Phi) is 11.5. The van der Waals surface area contributed by atoms with E-state index < -0.39 is 35.9 Å². The van der Waals surface area contributed by atoms with Gasteiger partial charge in [-0.3, -0.25) is 10.3 Å². The lowest BCUT2D eigenvalue weighted by Crippen LogP contribution is -2.36. The second kappa shape index (κ2) is 16.3. The van der Waals surface area contributed by atoms with E-state index in [9.17, 15) is 22.0 Å². The molecule has 1 N–H and O–H groups in total. The van der Waals surface area contributed by atoms with Crippen LogP contribution in [0.1, 0.15) is 139 Å². The lowest BCUT2D eigenvalue weighted by atomic mass is 9.68. The number of nitrogens with one attached hydrogen (secondary N) is 1. The quantitative estimate of drug-likeness (QED) is 0.118. The van der Waals surface area contributed by atoms with Gasteiger partial charge in [0.25, 0.3) is 0 Å². The number of likely N-dealkylation sites (N-methyl/N-ethyl adjacent to an activating group) is 1. The summed E-state index contributed by atoms with van der Waals surface area (Å²) in [4.78, 5) is 16.7. The lowest BCUT2D eigenvalue weighted by molar-refractivity contribution is -0.137. The summed E-state index contributed by atoms with van der Waals surface area (Å²) in [7, 11) is 3.42. The maximum absolute atomic E-state index is 17.8. The van der Waals surface area contributed by atoms with Gasteiger partial charge in [-0.15, -0.1) is 0 Å². The maximum atomic E-state index is 17.8. The van der Waals surface area contributed by atoms with Crippen molar-refractivity contribution < 1.29 is 40.6 Å². The minimum atomic E-state index is -4.60. The molecule has 59 heavy (non-hydrogen) atoms. The molecule has 2 aliphatic heterocycles. The number of nitrogens with zero attached hydrogens (tertiary/aromatic N) is 4. The van der Waals surface area contributed by atoms with Crippen LogP contribution in [0.25, 0.3) is 0 Å². The summed E-state index contributed by atoms with van der Waals surface area (Å²) in [5.41, 5.74) is 3.71. The molecule has 2 aliphatic carbocycles. The van der Waals surface area contributed by atoms with Crippen LogP contribution in [0.2, 0.25) is 0 Å². The van der Waals surface area contributed by atoms with Crippen LogP contribution in [0, 0.1) is 5.41 Å². The largest absolute Gasteiger partial charge is 0.497 e. The summed E-state index contributed by atoms with van der Waals surface area (Å²) in [6.45, 7) is 5.65. The molecule has 4 aromatic rings. The van der Waals surface area contributed by atoms with Gasteiger partial charge in [0.1, 0.15) is 18.1 Å². The number of alkyl halides is 6. The average molecular weight is 824 g/mol. The summed E-state index contributed by atoms with van der Waals surface area (Å²) < 4.78 is 106. The monoisotopic (exact) mass is 823 g/mol. The van der Waals surface area contributed by atoms with E-state index in [1.54, 1.807) is 19.5 Å². The Morgan fingerprint density at radius 3 is 2.17 bits per heavy atom. The van der Waals surface area contributed by atoms with Crippen LogP contribution in [-0.4, -0.2) is 54.3 Å². The van der Waals surface area contributed by atoms with Gasteiger partial charge in [0.2, 0.25) is 11.9 Å². The number of benzene rings is 2. The van der Waals surface area contributed by atoms with Gasteiger partial charge < -0.3 is 19.1 Å². The molecule has 0 radical (unpaired) electrons. The zero-order valence-corrected chi connectivity index (χ0v) is 33.8. The Balaban J connectivity index is 1.20. The number of pyridine rings is 1. The first-order valence-corrected chi connectivity index (χ1v) is 20.5. The van der Waals surface area contributed by atoms with Crippen LogP contribution in [0.5, 0.6) is 5.75 Å². The number of hydrogen-bond acceptors (Lipinski definition) is 8. The Morgan fingerprint density at radius 1 is 0.915 bits per heavy atom. The highest BCUT2D eigenvalue weighted by molar-refractivity contribution is 5.51. The molecule has 3 fully saturated rings. The number of epoxide rings is 1. The fourth-order valence-electron chi connectivity index (χ4n) is 9.32. The van der Waals surface area contributed by atoms with Gasteiger partial charge in [0, 0.05) is 66.6 Å². The molecule has 4 heterocycles. The van der Waals surface area contributed by atoms with Crippen molar-refractivity contribution in [2.45, 2.75) is 120 Å². The van der Waals surface area contributed by atoms with E-state index in [0.29, 0.717) is 67.3 Å². The van der Waals surface area contributed by atoms with Crippen LogP contribution in [0.4, 0.5) is 32.3 Å². The third kappa shape index (κ3) is 8.95. The topological polar surface area (TPSA) is 84.9 Å². The molecule has 4 atom stereocenters. The number of anilines is 1. The second-order valence-electron chi connectivity index (χ2n) is 17.3. The summed E-state index contributed by atoms with van der Waals surface area (Å²) in [5.74, 6) is -2.21.